The fraction of sp³-hybridized carbons (Fsp3) is 0.455. The van der Waals surface area contributed by atoms with Crippen molar-refractivity contribution in [3.8, 4) is 16.9 Å². The van der Waals surface area contributed by atoms with Crippen LogP contribution in [0.1, 0.15) is 68.1 Å². The molecule has 0 aliphatic carbocycles. The number of aliphatic carboxylic acids is 1. The van der Waals surface area contributed by atoms with Crippen LogP contribution in [0.2, 0.25) is 0 Å². The number of hydrogen-bond donors (Lipinski definition) is 1. The lowest BCUT2D eigenvalue weighted by molar-refractivity contribution is -0.136. The molecule has 3 heterocycles. The maximum Gasteiger partial charge on any atom is 0.307 e. The van der Waals surface area contributed by atoms with Crippen LogP contribution in [0.25, 0.3) is 11.1 Å². The highest BCUT2D eigenvalue weighted by Crippen LogP contribution is 2.44. The lowest BCUT2D eigenvalue weighted by Gasteiger charge is -2.40. The van der Waals surface area contributed by atoms with Gasteiger partial charge in [-0.05, 0) is 92.8 Å². The van der Waals surface area contributed by atoms with E-state index in [2.05, 4.69) is 37.8 Å². The van der Waals surface area contributed by atoms with Crippen LogP contribution in [0.15, 0.2) is 42.5 Å². The highest BCUT2D eigenvalue weighted by Gasteiger charge is 2.33. The summed E-state index contributed by atoms with van der Waals surface area (Å²) in [4.78, 5) is 19.1. The number of hydrogen-bond acceptors (Lipinski definition) is 4. The van der Waals surface area contributed by atoms with Gasteiger partial charge in [0, 0.05) is 42.0 Å². The summed E-state index contributed by atoms with van der Waals surface area (Å²) in [5.41, 5.74) is 7.73. The zero-order chi connectivity index (χ0) is 27.9. The third-order valence-corrected chi connectivity index (χ3v) is 8.54. The zero-order valence-electron chi connectivity index (χ0n) is 23.7. The first-order valence-electron chi connectivity index (χ1n) is 14.0. The third-order valence-electron chi connectivity index (χ3n) is 8.54. The van der Waals surface area contributed by atoms with Crippen LogP contribution >= 0.6 is 0 Å². The van der Waals surface area contributed by atoms with Crippen LogP contribution in [-0.2, 0) is 24.1 Å². The van der Waals surface area contributed by atoms with E-state index in [1.54, 1.807) is 0 Å². The highest BCUT2D eigenvalue weighted by molar-refractivity contribution is 5.86. The van der Waals surface area contributed by atoms with Crippen LogP contribution in [-0.4, -0.2) is 34.8 Å². The number of nitrogens with zero attached hydrogens (tertiary/aromatic N) is 2. The largest absolute Gasteiger partial charge is 0.487 e. The maximum absolute atomic E-state index is 13.4. The van der Waals surface area contributed by atoms with Crippen molar-refractivity contribution in [1.29, 1.82) is 0 Å². The van der Waals surface area contributed by atoms with E-state index in [4.69, 9.17) is 9.72 Å². The summed E-state index contributed by atoms with van der Waals surface area (Å²) in [7, 11) is 0. The standard InChI is InChI=1S/C33H39FN2O3/c1-21-27(19-29(37)38)31(36-16-14-32(3,4)15-17-36)30(22(2)35-21)25-8-11-28-24(18-25)12-13-33(5,39-28)20-23-6-9-26(34)10-7-23/h6-11,18H,12-17,19-20H2,1-5H3,(H,37,38). The van der Waals surface area contributed by atoms with Gasteiger partial charge in [-0.2, -0.15) is 0 Å². The minimum absolute atomic E-state index is 0.0445. The SMILES string of the molecule is Cc1nc(C)c(-c2ccc3c(c2)CCC(C)(Cc2ccc(F)cc2)O3)c(N2CCC(C)(C)CC2)c1CC(=O)O. The number of carboxylic acid groups (broad SMARTS) is 1. The number of piperidine rings is 1. The molecule has 2 aromatic carbocycles. The first-order valence-corrected chi connectivity index (χ1v) is 14.0. The van der Waals surface area contributed by atoms with E-state index in [0.29, 0.717) is 6.42 Å². The van der Waals surface area contributed by atoms with Crippen LogP contribution < -0.4 is 9.64 Å². The molecule has 0 spiro atoms. The molecule has 0 amide bonds. The second-order valence-corrected chi connectivity index (χ2v) is 12.4. The van der Waals surface area contributed by atoms with E-state index in [9.17, 15) is 14.3 Å². The number of halogens is 1. The van der Waals surface area contributed by atoms with Gasteiger partial charge < -0.3 is 14.7 Å². The summed E-state index contributed by atoms with van der Waals surface area (Å²) >= 11 is 0. The Morgan fingerprint density at radius 3 is 2.38 bits per heavy atom. The monoisotopic (exact) mass is 530 g/mol. The topological polar surface area (TPSA) is 62.7 Å². The number of fused-ring (bicyclic) bond motifs is 1. The lowest BCUT2D eigenvalue weighted by Crippen LogP contribution is -2.39. The number of aromatic nitrogens is 1. The average Bonchev–Trinajstić information content (AvgIpc) is 2.86. The third kappa shape index (κ3) is 5.80. The number of pyridine rings is 1. The highest BCUT2D eigenvalue weighted by atomic mass is 19.1. The molecule has 5 rings (SSSR count). The van der Waals surface area contributed by atoms with Gasteiger partial charge >= 0.3 is 5.97 Å². The molecule has 0 bridgehead atoms. The average molecular weight is 531 g/mol. The van der Waals surface area contributed by atoms with Crippen LogP contribution in [0, 0.1) is 25.1 Å². The fourth-order valence-electron chi connectivity index (χ4n) is 6.17. The fourth-order valence-corrected chi connectivity index (χ4v) is 6.17. The summed E-state index contributed by atoms with van der Waals surface area (Å²) in [5, 5.41) is 9.77. The number of carboxylic acids is 1. The van der Waals surface area contributed by atoms with Gasteiger partial charge in [0.15, 0.2) is 0 Å². The van der Waals surface area contributed by atoms with Gasteiger partial charge in [-0.3, -0.25) is 9.78 Å². The zero-order valence-corrected chi connectivity index (χ0v) is 23.7. The number of rotatable bonds is 6. The van der Waals surface area contributed by atoms with E-state index < -0.39 is 5.97 Å². The predicted octanol–water partition coefficient (Wildman–Crippen LogP) is 7.08. The minimum atomic E-state index is -0.840. The summed E-state index contributed by atoms with van der Waals surface area (Å²) in [6, 6.07) is 13.0. The Morgan fingerprint density at radius 2 is 1.72 bits per heavy atom. The molecule has 0 saturated carbocycles. The molecule has 5 nitrogen and oxygen atoms in total. The molecule has 1 atom stereocenters. The molecule has 2 aliphatic rings. The van der Waals surface area contributed by atoms with Crippen LogP contribution in [0.4, 0.5) is 10.1 Å². The molecule has 1 saturated heterocycles. The van der Waals surface area contributed by atoms with Gasteiger partial charge in [-0.25, -0.2) is 4.39 Å². The number of aryl methyl sites for hydroxylation is 3. The summed E-state index contributed by atoms with van der Waals surface area (Å²) in [5.74, 6) is -0.196. The molecule has 1 fully saturated rings. The predicted molar refractivity (Wildman–Crippen MR) is 153 cm³/mol. The Morgan fingerprint density at radius 1 is 1.03 bits per heavy atom. The van der Waals surface area contributed by atoms with Crippen molar-refractivity contribution in [3.05, 3.63) is 76.4 Å². The molecule has 2 aliphatic heterocycles. The molecule has 3 aromatic rings. The number of benzene rings is 2. The molecule has 1 aromatic heterocycles. The molecule has 206 valence electrons. The minimum Gasteiger partial charge on any atom is -0.487 e. The smallest absolute Gasteiger partial charge is 0.307 e. The first kappa shape index (κ1) is 27.2. The van der Waals surface area contributed by atoms with Crippen molar-refractivity contribution < 1.29 is 19.0 Å². The van der Waals surface area contributed by atoms with E-state index >= 15 is 0 Å². The molecule has 1 N–H and O–H groups in total. The van der Waals surface area contributed by atoms with Crippen molar-refractivity contribution in [1.82, 2.24) is 4.98 Å². The number of ether oxygens (including phenoxy) is 1. The Bertz CT molecular complexity index is 1390. The summed E-state index contributed by atoms with van der Waals surface area (Å²) < 4.78 is 19.9. The summed E-state index contributed by atoms with van der Waals surface area (Å²) in [6.45, 7) is 12.5. The van der Waals surface area contributed by atoms with Gasteiger partial charge in [-0.15, -0.1) is 0 Å². The van der Waals surface area contributed by atoms with Gasteiger partial charge in [0.05, 0.1) is 12.1 Å². The van der Waals surface area contributed by atoms with Crippen molar-refractivity contribution in [2.24, 2.45) is 5.41 Å². The first-order chi connectivity index (χ1) is 18.4. The van der Waals surface area contributed by atoms with Crippen LogP contribution in [0.5, 0.6) is 5.75 Å². The molecule has 6 heteroatoms. The van der Waals surface area contributed by atoms with Gasteiger partial charge in [0.25, 0.3) is 0 Å². The van der Waals surface area contributed by atoms with Crippen LogP contribution in [0.3, 0.4) is 0 Å². The quantitative estimate of drug-likeness (QED) is 0.369. The molecule has 0 radical (unpaired) electrons. The Kier molecular flexibility index (Phi) is 7.17. The van der Waals surface area contributed by atoms with Gasteiger partial charge in [-0.1, -0.05) is 32.0 Å². The second kappa shape index (κ2) is 10.3. The Hall–Kier alpha value is -3.41. The van der Waals surface area contributed by atoms with E-state index in [0.717, 1.165) is 89.4 Å². The number of carbonyl (C=O) groups is 1. The van der Waals surface area contributed by atoms with Crippen molar-refractivity contribution >= 4 is 11.7 Å². The Labute approximate surface area is 231 Å². The second-order valence-electron chi connectivity index (χ2n) is 12.4. The van der Waals surface area contributed by atoms with E-state index in [1.807, 2.05) is 32.0 Å². The van der Waals surface area contributed by atoms with Gasteiger partial charge in [0.1, 0.15) is 17.2 Å². The Balaban J connectivity index is 1.51. The maximum atomic E-state index is 13.4. The number of anilines is 1. The lowest BCUT2D eigenvalue weighted by atomic mass is 9.81. The van der Waals surface area contributed by atoms with Crippen molar-refractivity contribution in [3.63, 3.8) is 0 Å². The van der Waals surface area contributed by atoms with E-state index in [-0.39, 0.29) is 23.3 Å². The van der Waals surface area contributed by atoms with E-state index in [1.165, 1.54) is 12.1 Å². The van der Waals surface area contributed by atoms with Crippen molar-refractivity contribution in [2.45, 2.75) is 78.7 Å². The molecule has 39 heavy (non-hydrogen) atoms. The molecule has 1 unspecified atom stereocenters. The molecular weight excluding hydrogens is 491 g/mol. The van der Waals surface area contributed by atoms with Gasteiger partial charge in [0.2, 0.25) is 0 Å². The van der Waals surface area contributed by atoms with Crippen molar-refractivity contribution in [2.75, 3.05) is 18.0 Å². The summed E-state index contributed by atoms with van der Waals surface area (Å²) in [6.07, 6.45) is 4.51. The molecular formula is C33H39FN2O3. The normalized spacial score (nSPS) is 20.3.